The van der Waals surface area contributed by atoms with Crippen molar-refractivity contribution >= 4 is 27.5 Å². The molecule has 1 atom stereocenters. The Labute approximate surface area is 127 Å². The van der Waals surface area contributed by atoms with E-state index >= 15 is 0 Å². The van der Waals surface area contributed by atoms with Gasteiger partial charge in [-0.1, -0.05) is 24.4 Å². The maximum atomic E-state index is 6.24. The van der Waals surface area contributed by atoms with Crippen molar-refractivity contribution in [3.8, 4) is 0 Å². The third-order valence-corrected chi connectivity index (χ3v) is 5.34. The van der Waals surface area contributed by atoms with Gasteiger partial charge in [0.1, 0.15) is 11.0 Å². The van der Waals surface area contributed by atoms with Gasteiger partial charge in [-0.15, -0.1) is 0 Å². The lowest BCUT2D eigenvalue weighted by Crippen LogP contribution is -2.13. The Bertz CT molecular complexity index is 457. The second-order valence-corrected chi connectivity index (χ2v) is 6.60. The Morgan fingerprint density at radius 2 is 1.95 bits per heavy atom. The van der Waals surface area contributed by atoms with E-state index in [2.05, 4.69) is 20.9 Å². The lowest BCUT2D eigenvalue weighted by molar-refractivity contribution is 0.110. The molecule has 0 aromatic carbocycles. The van der Waals surface area contributed by atoms with E-state index in [4.69, 9.17) is 21.3 Å². The summed E-state index contributed by atoms with van der Waals surface area (Å²) in [4.78, 5) is 9.15. The number of rotatable bonds is 3. The van der Waals surface area contributed by atoms with Crippen LogP contribution in [0.25, 0.3) is 0 Å². The van der Waals surface area contributed by atoms with Crippen molar-refractivity contribution in [3.05, 3.63) is 21.1 Å². The summed E-state index contributed by atoms with van der Waals surface area (Å²) in [6.45, 7) is 0.865. The Morgan fingerprint density at radius 1 is 1.16 bits per heavy atom. The van der Waals surface area contributed by atoms with Gasteiger partial charge in [-0.25, -0.2) is 9.97 Å². The van der Waals surface area contributed by atoms with Crippen molar-refractivity contribution in [2.75, 3.05) is 6.61 Å². The molecule has 1 aliphatic carbocycles. The van der Waals surface area contributed by atoms with Gasteiger partial charge >= 0.3 is 0 Å². The van der Waals surface area contributed by atoms with E-state index in [0.717, 1.165) is 41.9 Å². The summed E-state index contributed by atoms with van der Waals surface area (Å²) in [6, 6.07) is 0. The van der Waals surface area contributed by atoms with Crippen LogP contribution in [0.2, 0.25) is 5.15 Å². The van der Waals surface area contributed by atoms with E-state index in [1.54, 1.807) is 0 Å². The second-order valence-electron chi connectivity index (χ2n) is 5.45. The molecule has 0 N–H and O–H groups in total. The first-order valence-electron chi connectivity index (χ1n) is 7.07. The molecule has 1 aromatic heterocycles. The molecule has 1 aliphatic heterocycles. The molecule has 104 valence electrons. The van der Waals surface area contributed by atoms with Crippen molar-refractivity contribution in [2.45, 2.75) is 57.0 Å². The molecule has 2 fully saturated rings. The van der Waals surface area contributed by atoms with Crippen LogP contribution >= 0.6 is 27.5 Å². The molecule has 0 spiro atoms. The lowest BCUT2D eigenvalue weighted by atomic mass is 10.0. The molecule has 2 aliphatic rings. The zero-order valence-electron chi connectivity index (χ0n) is 10.9. The summed E-state index contributed by atoms with van der Waals surface area (Å²) in [5, 5.41) is 0.546. The van der Waals surface area contributed by atoms with E-state index in [1.807, 2.05) is 0 Å². The van der Waals surface area contributed by atoms with Crippen molar-refractivity contribution in [2.24, 2.45) is 0 Å². The van der Waals surface area contributed by atoms with Crippen molar-refractivity contribution in [1.82, 2.24) is 9.97 Å². The van der Waals surface area contributed by atoms with Crippen molar-refractivity contribution in [3.63, 3.8) is 0 Å². The minimum Gasteiger partial charge on any atom is -0.378 e. The molecule has 0 amide bonds. The number of aromatic nitrogens is 2. The van der Waals surface area contributed by atoms with E-state index in [0.29, 0.717) is 11.1 Å². The summed E-state index contributed by atoms with van der Waals surface area (Å²) >= 11 is 9.79. The molecule has 19 heavy (non-hydrogen) atoms. The van der Waals surface area contributed by atoms with Gasteiger partial charge < -0.3 is 4.74 Å². The number of halogens is 2. The monoisotopic (exact) mass is 344 g/mol. The molecule has 5 heteroatoms. The Morgan fingerprint density at radius 3 is 2.63 bits per heavy atom. The molecular weight excluding hydrogens is 328 g/mol. The fourth-order valence-electron chi connectivity index (χ4n) is 3.05. The quantitative estimate of drug-likeness (QED) is 0.767. The molecule has 2 heterocycles. The van der Waals surface area contributed by atoms with Crippen LogP contribution < -0.4 is 0 Å². The van der Waals surface area contributed by atoms with Crippen LogP contribution in [-0.4, -0.2) is 22.7 Å². The average Bonchev–Trinajstić information content (AvgIpc) is 3.06. The molecule has 1 saturated heterocycles. The SMILES string of the molecule is Clc1nc(CC2CCCO2)nc(C2CCCC2)c1Br. The van der Waals surface area contributed by atoms with Crippen molar-refractivity contribution in [1.29, 1.82) is 0 Å². The van der Waals surface area contributed by atoms with E-state index in [1.165, 1.54) is 25.7 Å². The van der Waals surface area contributed by atoms with Gasteiger partial charge in [0.15, 0.2) is 0 Å². The highest BCUT2D eigenvalue weighted by molar-refractivity contribution is 9.10. The molecule has 0 radical (unpaired) electrons. The highest BCUT2D eigenvalue weighted by Crippen LogP contribution is 2.38. The van der Waals surface area contributed by atoms with E-state index < -0.39 is 0 Å². The first-order chi connectivity index (χ1) is 9.24. The van der Waals surface area contributed by atoms with E-state index in [-0.39, 0.29) is 6.10 Å². The third-order valence-electron chi connectivity index (χ3n) is 4.06. The number of nitrogens with zero attached hydrogens (tertiary/aromatic N) is 2. The molecule has 1 aromatic rings. The number of ether oxygens (including phenoxy) is 1. The highest BCUT2D eigenvalue weighted by atomic mass is 79.9. The Kier molecular flexibility index (Phi) is 4.40. The molecular formula is C14H18BrClN2O. The zero-order valence-corrected chi connectivity index (χ0v) is 13.2. The van der Waals surface area contributed by atoms with Gasteiger partial charge in [0.05, 0.1) is 16.3 Å². The van der Waals surface area contributed by atoms with Crippen LogP contribution in [0.1, 0.15) is 56.0 Å². The first kappa shape index (κ1) is 13.8. The second kappa shape index (κ2) is 6.06. The molecule has 3 rings (SSSR count). The van der Waals surface area contributed by atoms with Gasteiger partial charge in [0, 0.05) is 18.9 Å². The normalized spacial score (nSPS) is 24.2. The predicted octanol–water partition coefficient (Wildman–Crippen LogP) is 4.27. The molecule has 3 nitrogen and oxygen atoms in total. The lowest BCUT2D eigenvalue weighted by Gasteiger charge is -2.15. The molecule has 1 saturated carbocycles. The van der Waals surface area contributed by atoms with Crippen LogP contribution in [0.4, 0.5) is 0 Å². The Hall–Kier alpha value is -0.190. The summed E-state index contributed by atoms with van der Waals surface area (Å²) in [6.07, 6.45) is 8.32. The fraction of sp³-hybridized carbons (Fsp3) is 0.714. The van der Waals surface area contributed by atoms with Gasteiger partial charge in [-0.3, -0.25) is 0 Å². The predicted molar refractivity (Wildman–Crippen MR) is 78.6 cm³/mol. The minimum absolute atomic E-state index is 0.272. The summed E-state index contributed by atoms with van der Waals surface area (Å²) in [5.74, 6) is 1.38. The van der Waals surface area contributed by atoms with Crippen LogP contribution in [-0.2, 0) is 11.2 Å². The van der Waals surface area contributed by atoms with Crippen LogP contribution in [0.15, 0.2) is 4.47 Å². The fourth-order valence-corrected chi connectivity index (χ4v) is 3.75. The minimum atomic E-state index is 0.272. The number of hydrogen-bond acceptors (Lipinski definition) is 3. The summed E-state index contributed by atoms with van der Waals surface area (Å²) in [5.41, 5.74) is 1.10. The zero-order chi connectivity index (χ0) is 13.2. The van der Waals surface area contributed by atoms with E-state index in [9.17, 15) is 0 Å². The number of hydrogen-bond donors (Lipinski definition) is 0. The van der Waals surface area contributed by atoms with Crippen LogP contribution in [0, 0.1) is 0 Å². The first-order valence-corrected chi connectivity index (χ1v) is 8.24. The average molecular weight is 346 g/mol. The summed E-state index contributed by atoms with van der Waals surface area (Å²) in [7, 11) is 0. The third kappa shape index (κ3) is 3.11. The van der Waals surface area contributed by atoms with Crippen molar-refractivity contribution < 1.29 is 4.74 Å². The Balaban J connectivity index is 1.83. The molecule has 0 bridgehead atoms. The maximum absolute atomic E-state index is 6.24. The van der Waals surface area contributed by atoms with Gasteiger partial charge in [-0.05, 0) is 41.6 Å². The smallest absolute Gasteiger partial charge is 0.147 e. The standard InChI is InChI=1S/C14H18BrClN2O/c15-12-13(9-4-1-2-5-9)17-11(18-14(12)16)8-10-6-3-7-19-10/h9-10H,1-8H2. The van der Waals surface area contributed by atoms with Gasteiger partial charge in [-0.2, -0.15) is 0 Å². The largest absolute Gasteiger partial charge is 0.378 e. The van der Waals surface area contributed by atoms with Crippen LogP contribution in [0.5, 0.6) is 0 Å². The molecule has 1 unspecified atom stereocenters. The highest BCUT2D eigenvalue weighted by Gasteiger charge is 2.25. The maximum Gasteiger partial charge on any atom is 0.147 e. The van der Waals surface area contributed by atoms with Gasteiger partial charge in [0.2, 0.25) is 0 Å². The topological polar surface area (TPSA) is 35.0 Å². The van der Waals surface area contributed by atoms with Crippen LogP contribution in [0.3, 0.4) is 0 Å². The van der Waals surface area contributed by atoms with Gasteiger partial charge in [0.25, 0.3) is 0 Å². The summed E-state index contributed by atoms with van der Waals surface area (Å²) < 4.78 is 6.54.